The van der Waals surface area contributed by atoms with E-state index in [9.17, 15) is 4.79 Å². The first-order valence-electron chi connectivity index (χ1n) is 8.64. The summed E-state index contributed by atoms with van der Waals surface area (Å²) < 4.78 is 0. The van der Waals surface area contributed by atoms with Gasteiger partial charge in [0.25, 0.3) is 0 Å². The number of rotatable bonds is 3. The highest BCUT2D eigenvalue weighted by Gasteiger charge is 2.34. The largest absolute Gasteiger partial charge is 0.299 e. The molecular weight excluding hydrogens is 258 g/mol. The summed E-state index contributed by atoms with van der Waals surface area (Å²) in [5, 5.41) is 0. The molecule has 0 saturated heterocycles. The number of carbonyl (C=O) groups excluding carboxylic acids is 1. The average molecular weight is 285 g/mol. The zero-order chi connectivity index (χ0) is 14.8. The Hall–Kier alpha value is -1.18. The van der Waals surface area contributed by atoms with E-state index in [1.807, 2.05) is 12.3 Å². The van der Waals surface area contributed by atoms with Crippen molar-refractivity contribution in [2.24, 2.45) is 17.8 Å². The van der Waals surface area contributed by atoms with Gasteiger partial charge in [0.05, 0.1) is 11.6 Å². The summed E-state index contributed by atoms with van der Waals surface area (Å²) in [4.78, 5) is 17.5. The number of fused-ring (bicyclic) bond motifs is 1. The van der Waals surface area contributed by atoms with Crippen LogP contribution in [0.5, 0.6) is 0 Å². The topological polar surface area (TPSA) is 30.0 Å². The SMILES string of the molecule is CC(C)C1CCC(C(=O)C2CCCc3cccnc32)CC1. The first-order chi connectivity index (χ1) is 10.2. The lowest BCUT2D eigenvalue weighted by Gasteiger charge is -2.33. The summed E-state index contributed by atoms with van der Waals surface area (Å²) >= 11 is 0. The first-order valence-corrected chi connectivity index (χ1v) is 8.64. The van der Waals surface area contributed by atoms with Gasteiger partial charge < -0.3 is 0 Å². The third-order valence-electron chi connectivity index (χ3n) is 5.66. The Morgan fingerprint density at radius 2 is 1.95 bits per heavy atom. The van der Waals surface area contributed by atoms with Crippen LogP contribution in [0.25, 0.3) is 0 Å². The van der Waals surface area contributed by atoms with E-state index >= 15 is 0 Å². The molecule has 114 valence electrons. The Labute approximate surface area is 128 Å². The molecule has 0 spiro atoms. The van der Waals surface area contributed by atoms with Crippen LogP contribution in [0.1, 0.15) is 69.5 Å². The quantitative estimate of drug-likeness (QED) is 0.816. The molecule has 2 aliphatic carbocycles. The van der Waals surface area contributed by atoms with Gasteiger partial charge in [-0.15, -0.1) is 0 Å². The molecule has 0 bridgehead atoms. The molecule has 1 saturated carbocycles. The van der Waals surface area contributed by atoms with E-state index in [2.05, 4.69) is 24.9 Å². The fourth-order valence-electron chi connectivity index (χ4n) is 4.24. The van der Waals surface area contributed by atoms with E-state index in [1.165, 1.54) is 18.4 Å². The lowest BCUT2D eigenvalue weighted by molar-refractivity contribution is -0.126. The van der Waals surface area contributed by atoms with Gasteiger partial charge in [-0.05, 0) is 68.4 Å². The maximum Gasteiger partial charge on any atom is 0.144 e. The fourth-order valence-corrected chi connectivity index (χ4v) is 4.24. The van der Waals surface area contributed by atoms with Crippen LogP contribution < -0.4 is 0 Å². The minimum atomic E-state index is 0.0792. The summed E-state index contributed by atoms with van der Waals surface area (Å²) in [6, 6.07) is 4.15. The van der Waals surface area contributed by atoms with Gasteiger partial charge in [0.15, 0.2) is 0 Å². The molecular formula is C19H27NO. The average Bonchev–Trinajstić information content (AvgIpc) is 2.53. The molecule has 0 aliphatic heterocycles. The van der Waals surface area contributed by atoms with Gasteiger partial charge in [0.1, 0.15) is 5.78 Å². The van der Waals surface area contributed by atoms with E-state index in [0.29, 0.717) is 5.78 Å². The second-order valence-electron chi connectivity index (χ2n) is 7.25. The Bertz CT molecular complexity index is 500. The van der Waals surface area contributed by atoms with Gasteiger partial charge in [-0.25, -0.2) is 0 Å². The number of pyridine rings is 1. The van der Waals surface area contributed by atoms with Gasteiger partial charge >= 0.3 is 0 Å². The van der Waals surface area contributed by atoms with Crippen LogP contribution in [0.4, 0.5) is 0 Å². The fraction of sp³-hybridized carbons (Fsp3) is 0.684. The molecule has 1 fully saturated rings. The van der Waals surface area contributed by atoms with Gasteiger partial charge in [-0.3, -0.25) is 9.78 Å². The van der Waals surface area contributed by atoms with Crippen LogP contribution in [0, 0.1) is 17.8 Å². The summed E-state index contributed by atoms with van der Waals surface area (Å²) in [7, 11) is 0. The lowest BCUT2D eigenvalue weighted by Crippen LogP contribution is -2.30. The molecule has 1 unspecified atom stereocenters. The molecule has 0 amide bonds. The van der Waals surface area contributed by atoms with Crippen LogP contribution in [0.3, 0.4) is 0 Å². The van der Waals surface area contributed by atoms with E-state index in [-0.39, 0.29) is 11.8 Å². The van der Waals surface area contributed by atoms with Crippen LogP contribution in [0.2, 0.25) is 0 Å². The maximum absolute atomic E-state index is 13.0. The monoisotopic (exact) mass is 285 g/mol. The molecule has 2 aliphatic rings. The highest BCUT2D eigenvalue weighted by molar-refractivity contribution is 5.88. The number of nitrogens with zero attached hydrogens (tertiary/aromatic N) is 1. The third-order valence-corrected chi connectivity index (χ3v) is 5.66. The van der Waals surface area contributed by atoms with E-state index < -0.39 is 0 Å². The Balaban J connectivity index is 1.70. The smallest absolute Gasteiger partial charge is 0.144 e. The molecule has 1 aromatic rings. The molecule has 0 radical (unpaired) electrons. The highest BCUT2D eigenvalue weighted by atomic mass is 16.1. The van der Waals surface area contributed by atoms with Crippen LogP contribution in [0.15, 0.2) is 18.3 Å². The van der Waals surface area contributed by atoms with Gasteiger partial charge in [0.2, 0.25) is 0 Å². The van der Waals surface area contributed by atoms with Crippen molar-refractivity contribution in [3.05, 3.63) is 29.6 Å². The number of carbonyl (C=O) groups is 1. The number of hydrogen-bond acceptors (Lipinski definition) is 2. The second kappa shape index (κ2) is 6.29. The Morgan fingerprint density at radius 1 is 1.19 bits per heavy atom. The van der Waals surface area contributed by atoms with Crippen molar-refractivity contribution in [3.63, 3.8) is 0 Å². The predicted molar refractivity (Wildman–Crippen MR) is 85.2 cm³/mol. The van der Waals surface area contributed by atoms with Crippen molar-refractivity contribution in [1.82, 2.24) is 4.98 Å². The van der Waals surface area contributed by atoms with Crippen molar-refractivity contribution in [2.45, 2.75) is 64.7 Å². The number of aromatic nitrogens is 1. The molecule has 2 nitrogen and oxygen atoms in total. The number of Topliss-reactive ketones (excluding diaryl/α,β-unsaturated/α-hetero) is 1. The molecule has 1 atom stereocenters. The Kier molecular flexibility index (Phi) is 4.42. The van der Waals surface area contributed by atoms with Crippen LogP contribution in [-0.2, 0) is 11.2 Å². The molecule has 2 heteroatoms. The highest BCUT2D eigenvalue weighted by Crippen LogP contribution is 2.39. The van der Waals surface area contributed by atoms with Crippen molar-refractivity contribution in [1.29, 1.82) is 0 Å². The Morgan fingerprint density at radius 3 is 2.67 bits per heavy atom. The zero-order valence-corrected chi connectivity index (χ0v) is 13.3. The molecule has 1 aromatic heterocycles. The van der Waals surface area contributed by atoms with E-state index in [4.69, 9.17) is 0 Å². The van der Waals surface area contributed by atoms with Crippen molar-refractivity contribution < 1.29 is 4.79 Å². The van der Waals surface area contributed by atoms with Crippen molar-refractivity contribution >= 4 is 5.78 Å². The standard InChI is InChI=1S/C19H27NO/c1-13(2)14-8-10-16(11-9-14)19(21)17-7-3-5-15-6-4-12-20-18(15)17/h4,6,12-14,16-17H,3,5,7-11H2,1-2H3. The van der Waals surface area contributed by atoms with Crippen LogP contribution in [-0.4, -0.2) is 10.8 Å². The minimum Gasteiger partial charge on any atom is -0.299 e. The van der Waals surface area contributed by atoms with Crippen molar-refractivity contribution in [3.8, 4) is 0 Å². The summed E-state index contributed by atoms with van der Waals surface area (Å²) in [5.74, 6) is 2.44. The van der Waals surface area contributed by atoms with Gasteiger partial charge in [-0.1, -0.05) is 19.9 Å². The predicted octanol–water partition coefficient (Wildman–Crippen LogP) is 4.53. The number of ketones is 1. The molecule has 1 heterocycles. The van der Waals surface area contributed by atoms with Crippen LogP contribution >= 0.6 is 0 Å². The van der Waals surface area contributed by atoms with Gasteiger partial charge in [0, 0.05) is 12.1 Å². The first kappa shape index (κ1) is 14.7. The summed E-state index contributed by atoms with van der Waals surface area (Å²) in [6.07, 6.45) is 9.74. The van der Waals surface area contributed by atoms with Crippen molar-refractivity contribution in [2.75, 3.05) is 0 Å². The minimum absolute atomic E-state index is 0.0792. The van der Waals surface area contributed by atoms with E-state index in [0.717, 1.165) is 49.6 Å². The molecule has 3 rings (SSSR count). The third kappa shape index (κ3) is 3.04. The second-order valence-corrected chi connectivity index (χ2v) is 7.25. The summed E-state index contributed by atoms with van der Waals surface area (Å²) in [6.45, 7) is 4.63. The van der Waals surface area contributed by atoms with E-state index in [1.54, 1.807) is 0 Å². The number of aryl methyl sites for hydroxylation is 1. The molecule has 0 aromatic carbocycles. The summed E-state index contributed by atoms with van der Waals surface area (Å²) in [5.41, 5.74) is 2.39. The zero-order valence-electron chi connectivity index (χ0n) is 13.3. The molecule has 21 heavy (non-hydrogen) atoms. The molecule has 0 N–H and O–H groups in total. The number of hydrogen-bond donors (Lipinski definition) is 0. The van der Waals surface area contributed by atoms with Gasteiger partial charge in [-0.2, -0.15) is 0 Å². The normalized spacial score (nSPS) is 29.2. The maximum atomic E-state index is 13.0. The lowest BCUT2D eigenvalue weighted by atomic mass is 9.71.